The summed E-state index contributed by atoms with van der Waals surface area (Å²) in [5, 5.41) is 13.8. The molecule has 5 nitrogen and oxygen atoms in total. The van der Waals surface area contributed by atoms with Crippen LogP contribution >= 0.6 is 0 Å². The Kier molecular flexibility index (Phi) is 1.80. The average Bonchev–Trinajstić information content (AvgIpc) is 2.36. The minimum absolute atomic E-state index is 0.0254. The number of nitrogens with one attached hydrogen (secondary N) is 1. The topological polar surface area (TPSA) is 69.2 Å². The fourth-order valence-corrected chi connectivity index (χ4v) is 0.883. The van der Waals surface area contributed by atoms with Gasteiger partial charge in [-0.1, -0.05) is 0 Å². The molecule has 1 aliphatic heterocycles. The normalized spacial score (nSPS) is 32.1. The van der Waals surface area contributed by atoms with Gasteiger partial charge < -0.3 is 5.21 Å². The lowest BCUT2D eigenvalue weighted by Gasteiger charge is -2.31. The molecule has 0 aromatic rings. The second-order valence-electron chi connectivity index (χ2n) is 2.23. The van der Waals surface area contributed by atoms with Crippen LogP contribution in [0.25, 0.3) is 0 Å². The number of nitrogens with zero attached hydrogens (tertiary/aromatic N) is 1. The summed E-state index contributed by atoms with van der Waals surface area (Å²) in [5.74, 6) is -0.898. The predicted molar refractivity (Wildman–Crippen MR) is 32.4 cm³/mol. The molecule has 56 valence electrons. The van der Waals surface area contributed by atoms with Gasteiger partial charge in [0, 0.05) is 0 Å². The third-order valence-electron chi connectivity index (χ3n) is 1.52. The molecule has 0 spiro atoms. The Morgan fingerprint density at radius 3 is 2.80 bits per heavy atom. The first-order valence-electron chi connectivity index (χ1n) is 2.97. The molecule has 0 bridgehead atoms. The predicted octanol–water partition coefficient (Wildman–Crippen LogP) is -1.41. The van der Waals surface area contributed by atoms with Crippen molar-refractivity contribution in [2.75, 3.05) is 19.8 Å². The molecule has 1 unspecified atom stereocenters. The van der Waals surface area contributed by atoms with Crippen LogP contribution in [0, 0.1) is 5.21 Å². The minimum atomic E-state index is -1.04. The van der Waals surface area contributed by atoms with Gasteiger partial charge in [0.2, 0.25) is 6.29 Å². The van der Waals surface area contributed by atoms with Crippen LogP contribution in [0.1, 0.15) is 0 Å². The number of amides is 1. The van der Waals surface area contributed by atoms with Gasteiger partial charge in [0.15, 0.2) is 0 Å². The van der Waals surface area contributed by atoms with Crippen molar-refractivity contribution in [3.05, 3.63) is 5.21 Å². The van der Waals surface area contributed by atoms with Crippen LogP contribution in [0.5, 0.6) is 0 Å². The molecule has 1 N–H and O–H groups in total. The van der Waals surface area contributed by atoms with E-state index in [0.717, 1.165) is 0 Å². The lowest BCUT2D eigenvalue weighted by atomic mass is 10.5. The Morgan fingerprint density at radius 1 is 1.70 bits per heavy atom. The van der Waals surface area contributed by atoms with E-state index in [1.54, 1.807) is 0 Å². The third kappa shape index (κ3) is 1.06. The molecule has 1 saturated heterocycles. The van der Waals surface area contributed by atoms with Crippen molar-refractivity contribution in [3.63, 3.8) is 0 Å². The summed E-state index contributed by atoms with van der Waals surface area (Å²) in [6.07, 6.45) is 0.0833. The molecule has 5 heteroatoms. The lowest BCUT2D eigenvalue weighted by molar-refractivity contribution is -0.787. The van der Waals surface area contributed by atoms with E-state index >= 15 is 0 Å². The zero-order chi connectivity index (χ0) is 7.61. The summed E-state index contributed by atoms with van der Waals surface area (Å²) in [6, 6.07) is 0. The molecule has 0 aliphatic carbocycles. The maximum Gasteiger partial charge on any atom is 0.379 e. The van der Waals surface area contributed by atoms with Gasteiger partial charge >= 0.3 is 5.91 Å². The first kappa shape index (κ1) is 7.33. The summed E-state index contributed by atoms with van der Waals surface area (Å²) >= 11 is 0. The number of hydrogen-bond acceptors (Lipinski definition) is 4. The first-order valence-corrected chi connectivity index (χ1v) is 2.97. The average molecular weight is 144 g/mol. The van der Waals surface area contributed by atoms with Crippen molar-refractivity contribution in [3.8, 4) is 0 Å². The number of carbonyl (C=O) groups is 2. The summed E-state index contributed by atoms with van der Waals surface area (Å²) in [6.45, 7) is 0.693. The highest BCUT2D eigenvalue weighted by molar-refractivity contribution is 6.20. The maximum absolute atomic E-state index is 11.1. The van der Waals surface area contributed by atoms with Gasteiger partial charge in [0.05, 0.1) is 13.1 Å². The third-order valence-corrected chi connectivity index (χ3v) is 1.52. The van der Waals surface area contributed by atoms with Gasteiger partial charge in [-0.25, -0.2) is 4.79 Å². The smallest absolute Gasteiger partial charge is 0.379 e. The van der Waals surface area contributed by atoms with Crippen molar-refractivity contribution in [2.24, 2.45) is 0 Å². The zero-order valence-corrected chi connectivity index (χ0v) is 5.37. The van der Waals surface area contributed by atoms with E-state index in [1.165, 1.54) is 0 Å². The lowest BCUT2D eigenvalue weighted by Crippen LogP contribution is -2.46. The highest BCUT2D eigenvalue weighted by Gasteiger charge is 2.30. The summed E-state index contributed by atoms with van der Waals surface area (Å²) in [5.41, 5.74) is 0. The van der Waals surface area contributed by atoms with Gasteiger partial charge in [-0.15, -0.1) is 0 Å². The van der Waals surface area contributed by atoms with Gasteiger partial charge in [0.1, 0.15) is 6.67 Å². The SMILES string of the molecule is O=CC(=O)[N+]1([O-])CCNC1. The monoisotopic (exact) mass is 144 g/mol. The maximum atomic E-state index is 11.1. The molecule has 1 heterocycles. The number of hydroxylamine groups is 3. The van der Waals surface area contributed by atoms with E-state index in [9.17, 15) is 14.8 Å². The second-order valence-corrected chi connectivity index (χ2v) is 2.23. The molecular weight excluding hydrogens is 136 g/mol. The summed E-state index contributed by atoms with van der Waals surface area (Å²) in [4.78, 5) is 20.5. The minimum Gasteiger partial charge on any atom is -0.624 e. The van der Waals surface area contributed by atoms with E-state index in [4.69, 9.17) is 0 Å². The highest BCUT2D eigenvalue weighted by atomic mass is 16.6. The molecule has 0 saturated carbocycles. The molecule has 1 amide bonds. The van der Waals surface area contributed by atoms with Crippen molar-refractivity contribution in [2.45, 2.75) is 0 Å². The standard InChI is InChI=1S/C5H8N2O3/c8-3-5(9)7(10)2-1-6-4-7/h3,6H,1-2,4H2. The van der Waals surface area contributed by atoms with Crippen molar-refractivity contribution in [1.29, 1.82) is 0 Å². The van der Waals surface area contributed by atoms with E-state index in [2.05, 4.69) is 5.32 Å². The van der Waals surface area contributed by atoms with E-state index in [-0.39, 0.29) is 19.5 Å². The molecule has 1 aliphatic rings. The number of quaternary nitrogens is 1. The number of aldehydes is 1. The van der Waals surface area contributed by atoms with Gasteiger partial charge in [0.25, 0.3) is 0 Å². The Bertz CT molecular complexity index is 162. The van der Waals surface area contributed by atoms with Gasteiger partial charge in [-0.2, -0.15) is 0 Å². The molecule has 10 heavy (non-hydrogen) atoms. The zero-order valence-electron chi connectivity index (χ0n) is 5.37. The quantitative estimate of drug-likeness (QED) is 0.212. The highest BCUT2D eigenvalue weighted by Crippen LogP contribution is 2.05. The number of rotatable bonds is 1. The Labute approximate surface area is 57.8 Å². The summed E-state index contributed by atoms with van der Waals surface area (Å²) in [7, 11) is 0. The fourth-order valence-electron chi connectivity index (χ4n) is 0.883. The van der Waals surface area contributed by atoms with Crippen molar-refractivity contribution < 1.29 is 14.2 Å². The number of hydrogen-bond donors (Lipinski definition) is 1. The summed E-state index contributed by atoms with van der Waals surface area (Å²) < 4.78 is -1.04. The van der Waals surface area contributed by atoms with Crippen molar-refractivity contribution in [1.82, 2.24) is 5.32 Å². The van der Waals surface area contributed by atoms with Crippen LogP contribution in [0.2, 0.25) is 0 Å². The second kappa shape index (κ2) is 2.45. The van der Waals surface area contributed by atoms with Gasteiger partial charge in [-0.3, -0.25) is 14.8 Å². The molecule has 1 atom stereocenters. The van der Waals surface area contributed by atoms with E-state index in [1.807, 2.05) is 0 Å². The van der Waals surface area contributed by atoms with Crippen LogP contribution in [-0.4, -0.2) is 36.6 Å². The van der Waals surface area contributed by atoms with Crippen LogP contribution in [0.15, 0.2) is 0 Å². The Balaban J connectivity index is 2.66. The van der Waals surface area contributed by atoms with Crippen molar-refractivity contribution >= 4 is 12.2 Å². The van der Waals surface area contributed by atoms with E-state index in [0.29, 0.717) is 6.54 Å². The van der Waals surface area contributed by atoms with Crippen LogP contribution < -0.4 is 5.32 Å². The molecule has 1 rings (SSSR count). The van der Waals surface area contributed by atoms with Crippen LogP contribution in [-0.2, 0) is 9.59 Å². The van der Waals surface area contributed by atoms with Gasteiger partial charge in [-0.05, 0) is 0 Å². The molecule has 0 aromatic carbocycles. The fraction of sp³-hybridized carbons (Fsp3) is 0.600. The Hall–Kier alpha value is -0.780. The largest absolute Gasteiger partial charge is 0.624 e. The molecule has 1 fully saturated rings. The van der Waals surface area contributed by atoms with Crippen LogP contribution in [0.3, 0.4) is 0 Å². The van der Waals surface area contributed by atoms with E-state index < -0.39 is 10.6 Å². The Morgan fingerprint density at radius 2 is 2.40 bits per heavy atom. The molecule has 0 aromatic heterocycles. The molecular formula is C5H8N2O3. The van der Waals surface area contributed by atoms with Crippen LogP contribution in [0.4, 0.5) is 0 Å². The number of carbonyl (C=O) groups excluding carboxylic acids is 2. The molecule has 0 radical (unpaired) electrons. The first-order chi connectivity index (χ1) is 4.69.